The first kappa shape index (κ1) is 14.7. The Morgan fingerprint density at radius 2 is 2.05 bits per heavy atom. The summed E-state index contributed by atoms with van der Waals surface area (Å²) < 4.78 is 10.6. The summed E-state index contributed by atoms with van der Waals surface area (Å²) in [6, 6.07) is 11.5. The Morgan fingerprint density at radius 1 is 1.24 bits per heavy atom. The molecule has 0 atom stereocenters. The summed E-state index contributed by atoms with van der Waals surface area (Å²) in [5, 5.41) is 9.42. The highest BCUT2D eigenvalue weighted by Crippen LogP contribution is 2.24. The average molecular weight is 287 g/mol. The van der Waals surface area contributed by atoms with Crippen LogP contribution >= 0.6 is 0 Å². The highest BCUT2D eigenvalue weighted by atomic mass is 16.5. The Morgan fingerprint density at radius 3 is 2.76 bits per heavy atom. The molecule has 2 aromatic carbocycles. The molecule has 5 heteroatoms. The van der Waals surface area contributed by atoms with E-state index in [0.717, 1.165) is 5.56 Å². The molecule has 0 aromatic heterocycles. The third-order valence-electron chi connectivity index (χ3n) is 2.81. The monoisotopic (exact) mass is 287 g/mol. The third-order valence-corrected chi connectivity index (χ3v) is 2.81. The highest BCUT2D eigenvalue weighted by molar-refractivity contribution is 5.93. The zero-order valence-electron chi connectivity index (χ0n) is 11.7. The second-order valence-electron chi connectivity index (χ2n) is 4.43. The molecule has 2 aromatic rings. The number of benzene rings is 2. The standard InChI is InChI=1S/C16H17NO4/c1-2-20-16(19)14-7-6-12(17)9-15(14)21-10-11-4-3-5-13(18)8-11/h3-9,18H,2,10,17H2,1H3. The van der Waals surface area contributed by atoms with Gasteiger partial charge in [-0.25, -0.2) is 4.79 Å². The second kappa shape index (κ2) is 6.65. The van der Waals surface area contributed by atoms with Crippen LogP contribution in [0.2, 0.25) is 0 Å². The van der Waals surface area contributed by atoms with Gasteiger partial charge in [-0.1, -0.05) is 12.1 Å². The molecule has 3 N–H and O–H groups in total. The van der Waals surface area contributed by atoms with E-state index in [9.17, 15) is 9.90 Å². The van der Waals surface area contributed by atoms with E-state index in [1.54, 1.807) is 43.3 Å². The van der Waals surface area contributed by atoms with Crippen LogP contribution in [-0.2, 0) is 11.3 Å². The number of nitrogens with two attached hydrogens (primary N) is 1. The molecular weight excluding hydrogens is 270 g/mol. The number of esters is 1. The predicted molar refractivity (Wildman–Crippen MR) is 79.2 cm³/mol. The number of rotatable bonds is 5. The first-order chi connectivity index (χ1) is 10.1. The average Bonchev–Trinajstić information content (AvgIpc) is 2.45. The van der Waals surface area contributed by atoms with Crippen LogP contribution in [0.25, 0.3) is 0 Å². The lowest BCUT2D eigenvalue weighted by Crippen LogP contribution is -2.08. The van der Waals surface area contributed by atoms with Crippen molar-refractivity contribution in [3.8, 4) is 11.5 Å². The molecule has 0 radical (unpaired) electrons. The smallest absolute Gasteiger partial charge is 0.341 e. The molecule has 0 aliphatic carbocycles. The number of phenols is 1. The molecule has 21 heavy (non-hydrogen) atoms. The number of anilines is 1. The quantitative estimate of drug-likeness (QED) is 0.652. The van der Waals surface area contributed by atoms with Gasteiger partial charge in [-0.05, 0) is 36.8 Å². The topological polar surface area (TPSA) is 81.8 Å². The maximum Gasteiger partial charge on any atom is 0.341 e. The molecule has 0 aliphatic rings. The summed E-state index contributed by atoms with van der Waals surface area (Å²) in [5.74, 6) is 0.0643. The van der Waals surface area contributed by atoms with Crippen molar-refractivity contribution in [2.24, 2.45) is 0 Å². The van der Waals surface area contributed by atoms with Gasteiger partial charge in [0.2, 0.25) is 0 Å². The number of hydrogen-bond acceptors (Lipinski definition) is 5. The summed E-state index contributed by atoms with van der Waals surface area (Å²) in [6.45, 7) is 2.24. The summed E-state index contributed by atoms with van der Waals surface area (Å²) in [5.41, 5.74) is 7.33. The first-order valence-corrected chi connectivity index (χ1v) is 6.57. The van der Waals surface area contributed by atoms with Gasteiger partial charge in [0.25, 0.3) is 0 Å². The minimum Gasteiger partial charge on any atom is -0.508 e. The fourth-order valence-electron chi connectivity index (χ4n) is 1.84. The van der Waals surface area contributed by atoms with Crippen molar-refractivity contribution >= 4 is 11.7 Å². The molecular formula is C16H17NO4. The first-order valence-electron chi connectivity index (χ1n) is 6.57. The second-order valence-corrected chi connectivity index (χ2v) is 4.43. The molecule has 0 unspecified atom stereocenters. The molecule has 110 valence electrons. The molecule has 0 aliphatic heterocycles. The normalized spacial score (nSPS) is 10.1. The zero-order valence-corrected chi connectivity index (χ0v) is 11.7. The van der Waals surface area contributed by atoms with E-state index in [1.807, 2.05) is 6.07 Å². The van der Waals surface area contributed by atoms with Crippen LogP contribution in [0.1, 0.15) is 22.8 Å². The van der Waals surface area contributed by atoms with Gasteiger partial charge >= 0.3 is 5.97 Å². The van der Waals surface area contributed by atoms with E-state index >= 15 is 0 Å². The van der Waals surface area contributed by atoms with Crippen molar-refractivity contribution in [2.75, 3.05) is 12.3 Å². The van der Waals surface area contributed by atoms with Crippen molar-refractivity contribution in [3.05, 3.63) is 53.6 Å². The Kier molecular flexibility index (Phi) is 4.66. The van der Waals surface area contributed by atoms with Crippen molar-refractivity contribution in [1.82, 2.24) is 0 Å². The molecule has 0 fully saturated rings. The van der Waals surface area contributed by atoms with Gasteiger partial charge in [-0.2, -0.15) is 0 Å². The van der Waals surface area contributed by atoms with E-state index in [0.29, 0.717) is 17.0 Å². The summed E-state index contributed by atoms with van der Waals surface area (Å²) in [4.78, 5) is 11.9. The summed E-state index contributed by atoms with van der Waals surface area (Å²) in [7, 11) is 0. The van der Waals surface area contributed by atoms with E-state index in [2.05, 4.69) is 0 Å². The predicted octanol–water partition coefficient (Wildman–Crippen LogP) is 2.73. The van der Waals surface area contributed by atoms with Crippen LogP contribution in [0.5, 0.6) is 11.5 Å². The Labute approximate surface area is 122 Å². The molecule has 0 heterocycles. The van der Waals surface area contributed by atoms with Crippen LogP contribution in [0.4, 0.5) is 5.69 Å². The zero-order chi connectivity index (χ0) is 15.2. The number of nitrogen functional groups attached to an aromatic ring is 1. The maximum atomic E-state index is 11.9. The number of carbonyl (C=O) groups excluding carboxylic acids is 1. The molecule has 2 rings (SSSR count). The maximum absolute atomic E-state index is 11.9. The number of hydrogen-bond donors (Lipinski definition) is 2. The lowest BCUT2D eigenvalue weighted by atomic mass is 10.1. The van der Waals surface area contributed by atoms with Gasteiger partial charge in [0.1, 0.15) is 23.7 Å². The molecule has 0 spiro atoms. The largest absolute Gasteiger partial charge is 0.508 e. The van der Waals surface area contributed by atoms with Crippen molar-refractivity contribution in [3.63, 3.8) is 0 Å². The highest BCUT2D eigenvalue weighted by Gasteiger charge is 2.14. The Balaban J connectivity index is 2.18. The summed E-state index contributed by atoms with van der Waals surface area (Å²) >= 11 is 0. The minimum absolute atomic E-state index is 0.161. The van der Waals surface area contributed by atoms with Crippen LogP contribution in [-0.4, -0.2) is 17.7 Å². The van der Waals surface area contributed by atoms with E-state index in [1.165, 1.54) is 0 Å². The molecule has 0 saturated heterocycles. The fourth-order valence-corrected chi connectivity index (χ4v) is 1.84. The van der Waals surface area contributed by atoms with Gasteiger partial charge < -0.3 is 20.3 Å². The molecule has 5 nitrogen and oxygen atoms in total. The SMILES string of the molecule is CCOC(=O)c1ccc(N)cc1OCc1cccc(O)c1. The van der Waals surface area contributed by atoms with Gasteiger partial charge in [-0.15, -0.1) is 0 Å². The Bertz CT molecular complexity index is 640. The van der Waals surface area contributed by atoms with Crippen LogP contribution in [0.15, 0.2) is 42.5 Å². The lowest BCUT2D eigenvalue weighted by molar-refractivity contribution is 0.0521. The number of phenolic OH excluding ortho intramolecular Hbond substituents is 1. The third kappa shape index (κ3) is 3.89. The molecule has 0 bridgehead atoms. The molecule has 0 saturated carbocycles. The van der Waals surface area contributed by atoms with E-state index < -0.39 is 5.97 Å². The number of aromatic hydroxyl groups is 1. The van der Waals surface area contributed by atoms with Crippen molar-refractivity contribution in [1.29, 1.82) is 0 Å². The Hall–Kier alpha value is -2.69. The fraction of sp³-hybridized carbons (Fsp3) is 0.188. The van der Waals surface area contributed by atoms with Crippen molar-refractivity contribution in [2.45, 2.75) is 13.5 Å². The minimum atomic E-state index is -0.455. The van der Waals surface area contributed by atoms with Crippen LogP contribution < -0.4 is 10.5 Å². The number of ether oxygens (including phenoxy) is 2. The van der Waals surface area contributed by atoms with Gasteiger partial charge in [0.15, 0.2) is 0 Å². The van der Waals surface area contributed by atoms with Gasteiger partial charge in [0.05, 0.1) is 6.61 Å². The van der Waals surface area contributed by atoms with Crippen molar-refractivity contribution < 1.29 is 19.4 Å². The van der Waals surface area contributed by atoms with E-state index in [4.69, 9.17) is 15.2 Å². The summed E-state index contributed by atoms with van der Waals surface area (Å²) in [6.07, 6.45) is 0. The van der Waals surface area contributed by atoms with E-state index in [-0.39, 0.29) is 19.0 Å². The van der Waals surface area contributed by atoms with Gasteiger partial charge in [0, 0.05) is 11.8 Å². The van der Waals surface area contributed by atoms with Gasteiger partial charge in [-0.3, -0.25) is 0 Å². The molecule has 0 amide bonds. The van der Waals surface area contributed by atoms with Crippen LogP contribution in [0, 0.1) is 0 Å². The van der Waals surface area contributed by atoms with Crippen LogP contribution in [0.3, 0.4) is 0 Å². The number of carbonyl (C=O) groups is 1. The lowest BCUT2D eigenvalue weighted by Gasteiger charge is -2.12.